The third kappa shape index (κ3) is 3.35. The summed E-state index contributed by atoms with van der Waals surface area (Å²) in [4.78, 5) is 4.02. The molecular formula is C15H15BrFNO2. The number of hydrogen-bond donors (Lipinski definition) is 1. The van der Waals surface area contributed by atoms with E-state index in [0.29, 0.717) is 15.8 Å². The highest BCUT2D eigenvalue weighted by molar-refractivity contribution is 9.10. The second-order valence-corrected chi connectivity index (χ2v) is 5.52. The first-order valence-electron chi connectivity index (χ1n) is 6.22. The lowest BCUT2D eigenvalue weighted by Crippen LogP contribution is -2.08. The molecule has 0 bridgehead atoms. The highest BCUT2D eigenvalue weighted by Gasteiger charge is 2.17. The summed E-state index contributed by atoms with van der Waals surface area (Å²) in [6.45, 7) is 3.80. The van der Waals surface area contributed by atoms with Gasteiger partial charge in [-0.05, 0) is 41.9 Å². The van der Waals surface area contributed by atoms with Crippen molar-refractivity contribution in [3.63, 3.8) is 0 Å². The summed E-state index contributed by atoms with van der Waals surface area (Å²) >= 11 is 3.11. The number of nitrogens with zero attached hydrogens (tertiary/aromatic N) is 1. The molecule has 1 N–H and O–H groups in total. The minimum Gasteiger partial charge on any atom is -0.489 e. The van der Waals surface area contributed by atoms with Crippen molar-refractivity contribution in [1.82, 2.24) is 4.98 Å². The highest BCUT2D eigenvalue weighted by Crippen LogP contribution is 2.29. The molecule has 0 saturated carbocycles. The maximum atomic E-state index is 14.0. The molecule has 0 aliphatic heterocycles. The monoisotopic (exact) mass is 339 g/mol. The lowest BCUT2D eigenvalue weighted by molar-refractivity contribution is 0.210. The fraction of sp³-hybridized carbons (Fsp3) is 0.267. The molecule has 5 heteroatoms. The summed E-state index contributed by atoms with van der Waals surface area (Å²) in [6, 6.07) is 6.47. The second-order valence-electron chi connectivity index (χ2n) is 4.67. The van der Waals surface area contributed by atoms with Crippen LogP contribution in [0, 0.1) is 5.82 Å². The number of aliphatic hydroxyl groups excluding tert-OH is 1. The van der Waals surface area contributed by atoms with Gasteiger partial charge in [0.1, 0.15) is 17.7 Å². The number of halogens is 2. The molecule has 2 aromatic rings. The summed E-state index contributed by atoms with van der Waals surface area (Å²) < 4.78 is 19.8. The topological polar surface area (TPSA) is 42.4 Å². The number of aliphatic hydroxyl groups is 1. The van der Waals surface area contributed by atoms with Crippen LogP contribution in [0.5, 0.6) is 5.75 Å². The van der Waals surface area contributed by atoms with Crippen LogP contribution in [0.4, 0.5) is 4.39 Å². The van der Waals surface area contributed by atoms with Crippen molar-refractivity contribution >= 4 is 15.9 Å². The number of rotatable bonds is 4. The van der Waals surface area contributed by atoms with E-state index >= 15 is 0 Å². The van der Waals surface area contributed by atoms with Crippen LogP contribution in [-0.4, -0.2) is 16.2 Å². The van der Waals surface area contributed by atoms with Gasteiger partial charge in [0.2, 0.25) is 0 Å². The molecule has 2 rings (SSSR count). The van der Waals surface area contributed by atoms with Crippen molar-refractivity contribution in [2.75, 3.05) is 0 Å². The van der Waals surface area contributed by atoms with Crippen molar-refractivity contribution in [2.45, 2.75) is 26.1 Å². The van der Waals surface area contributed by atoms with Gasteiger partial charge >= 0.3 is 0 Å². The van der Waals surface area contributed by atoms with Gasteiger partial charge in [0.25, 0.3) is 0 Å². The third-order valence-electron chi connectivity index (χ3n) is 2.70. The van der Waals surface area contributed by atoms with Crippen LogP contribution in [0.1, 0.15) is 31.1 Å². The van der Waals surface area contributed by atoms with Gasteiger partial charge in [-0.2, -0.15) is 0 Å². The highest BCUT2D eigenvalue weighted by atomic mass is 79.9. The van der Waals surface area contributed by atoms with Gasteiger partial charge in [0, 0.05) is 17.3 Å². The number of benzene rings is 1. The van der Waals surface area contributed by atoms with Gasteiger partial charge in [-0.3, -0.25) is 4.98 Å². The predicted octanol–water partition coefficient (Wildman–Crippen LogP) is 3.85. The van der Waals surface area contributed by atoms with Gasteiger partial charge in [0.15, 0.2) is 0 Å². The van der Waals surface area contributed by atoms with E-state index in [-0.39, 0.29) is 11.7 Å². The normalized spacial score (nSPS) is 12.5. The molecule has 0 radical (unpaired) electrons. The molecule has 1 unspecified atom stereocenters. The predicted molar refractivity (Wildman–Crippen MR) is 78.2 cm³/mol. The van der Waals surface area contributed by atoms with E-state index in [1.54, 1.807) is 30.5 Å². The minimum atomic E-state index is -1.09. The lowest BCUT2D eigenvalue weighted by atomic mass is 10.0. The van der Waals surface area contributed by atoms with E-state index < -0.39 is 11.9 Å². The van der Waals surface area contributed by atoms with Crippen LogP contribution in [-0.2, 0) is 0 Å². The van der Waals surface area contributed by atoms with E-state index in [1.807, 2.05) is 13.8 Å². The summed E-state index contributed by atoms with van der Waals surface area (Å²) in [6.07, 6.45) is 1.98. The lowest BCUT2D eigenvalue weighted by Gasteiger charge is -2.15. The Kier molecular flexibility index (Phi) is 4.73. The zero-order valence-corrected chi connectivity index (χ0v) is 12.8. The third-order valence-corrected chi connectivity index (χ3v) is 3.31. The average Bonchev–Trinajstić information content (AvgIpc) is 2.41. The van der Waals surface area contributed by atoms with Crippen molar-refractivity contribution in [3.05, 3.63) is 58.1 Å². The van der Waals surface area contributed by atoms with Crippen LogP contribution in [0.25, 0.3) is 0 Å². The Balaban J connectivity index is 2.33. The van der Waals surface area contributed by atoms with Crippen molar-refractivity contribution < 1.29 is 14.2 Å². The number of aromatic nitrogens is 1. The van der Waals surface area contributed by atoms with E-state index in [0.717, 1.165) is 0 Å². The Morgan fingerprint density at radius 2 is 2.05 bits per heavy atom. The molecule has 0 saturated heterocycles. The van der Waals surface area contributed by atoms with E-state index in [1.165, 1.54) is 6.20 Å². The SMILES string of the molecule is CC(C)Oc1cncc(C(O)c2cccc(Br)c2F)c1. The number of hydrogen-bond acceptors (Lipinski definition) is 3. The second kappa shape index (κ2) is 6.33. The molecule has 0 spiro atoms. The smallest absolute Gasteiger partial charge is 0.143 e. The molecule has 0 aliphatic carbocycles. The fourth-order valence-corrected chi connectivity index (χ4v) is 2.21. The maximum absolute atomic E-state index is 14.0. The molecule has 1 aromatic carbocycles. The molecule has 0 amide bonds. The van der Waals surface area contributed by atoms with E-state index in [4.69, 9.17) is 4.74 Å². The fourth-order valence-electron chi connectivity index (χ4n) is 1.83. The first-order valence-corrected chi connectivity index (χ1v) is 7.02. The zero-order chi connectivity index (χ0) is 14.7. The summed E-state index contributed by atoms with van der Waals surface area (Å²) in [5.74, 6) is 0.0714. The molecule has 0 fully saturated rings. The summed E-state index contributed by atoms with van der Waals surface area (Å²) in [5, 5.41) is 10.3. The Morgan fingerprint density at radius 1 is 1.30 bits per heavy atom. The van der Waals surface area contributed by atoms with E-state index in [2.05, 4.69) is 20.9 Å². The summed E-state index contributed by atoms with van der Waals surface area (Å²) in [7, 11) is 0. The van der Waals surface area contributed by atoms with Crippen molar-refractivity contribution in [1.29, 1.82) is 0 Å². The molecule has 1 heterocycles. The van der Waals surface area contributed by atoms with Gasteiger partial charge in [-0.25, -0.2) is 4.39 Å². The largest absolute Gasteiger partial charge is 0.489 e. The number of ether oxygens (including phenoxy) is 1. The Morgan fingerprint density at radius 3 is 2.75 bits per heavy atom. The molecule has 1 aromatic heterocycles. The molecule has 20 heavy (non-hydrogen) atoms. The van der Waals surface area contributed by atoms with Crippen LogP contribution >= 0.6 is 15.9 Å². The van der Waals surface area contributed by atoms with Gasteiger partial charge in [-0.1, -0.05) is 12.1 Å². The molecular weight excluding hydrogens is 325 g/mol. The molecule has 106 valence electrons. The first kappa shape index (κ1) is 14.9. The van der Waals surface area contributed by atoms with E-state index in [9.17, 15) is 9.50 Å². The van der Waals surface area contributed by atoms with Gasteiger partial charge < -0.3 is 9.84 Å². The van der Waals surface area contributed by atoms with Crippen molar-refractivity contribution in [2.24, 2.45) is 0 Å². The van der Waals surface area contributed by atoms with Crippen molar-refractivity contribution in [3.8, 4) is 5.75 Å². The summed E-state index contributed by atoms with van der Waals surface area (Å²) in [5.41, 5.74) is 0.683. The maximum Gasteiger partial charge on any atom is 0.143 e. The van der Waals surface area contributed by atoms with Crippen LogP contribution in [0.15, 0.2) is 41.1 Å². The van der Waals surface area contributed by atoms with Gasteiger partial charge in [0.05, 0.1) is 16.8 Å². The first-order chi connectivity index (χ1) is 9.49. The molecule has 1 atom stereocenters. The molecule has 0 aliphatic rings. The van der Waals surface area contributed by atoms with Gasteiger partial charge in [-0.15, -0.1) is 0 Å². The van der Waals surface area contributed by atoms with Crippen LogP contribution < -0.4 is 4.74 Å². The Hall–Kier alpha value is -1.46. The standard InChI is InChI=1S/C15H15BrFNO2/c1-9(2)20-11-6-10(7-18-8-11)15(19)12-4-3-5-13(16)14(12)17/h3-9,15,19H,1-2H3. The minimum absolute atomic E-state index is 0.00630. The van der Waals surface area contributed by atoms with Crippen LogP contribution in [0.2, 0.25) is 0 Å². The molecule has 3 nitrogen and oxygen atoms in total. The number of pyridine rings is 1. The quantitative estimate of drug-likeness (QED) is 0.919. The zero-order valence-electron chi connectivity index (χ0n) is 11.2. The average molecular weight is 340 g/mol. The van der Waals surface area contributed by atoms with Crippen LogP contribution in [0.3, 0.4) is 0 Å². The Labute approximate surface area is 125 Å². The Bertz CT molecular complexity index is 604.